The number of hydrogen-bond acceptors (Lipinski definition) is 7. The van der Waals surface area contributed by atoms with Crippen LogP contribution in [0.4, 0.5) is 9.59 Å². The summed E-state index contributed by atoms with van der Waals surface area (Å²) in [6.07, 6.45) is 1.99. The third-order valence-corrected chi connectivity index (χ3v) is 6.36. The predicted molar refractivity (Wildman–Crippen MR) is 163 cm³/mol. The number of rotatable bonds is 5. The summed E-state index contributed by atoms with van der Waals surface area (Å²) in [6.45, 7) is 22.5. The summed E-state index contributed by atoms with van der Waals surface area (Å²) in [5, 5.41) is 6.87. The number of carbonyl (C=O) groups excluding carboxylic acids is 2. The van der Waals surface area contributed by atoms with E-state index in [1.54, 1.807) is 46.4 Å². The molecule has 1 atom stereocenters. The molecule has 0 saturated carbocycles. The van der Waals surface area contributed by atoms with E-state index in [1.807, 2.05) is 12.1 Å². The Morgan fingerprint density at radius 1 is 0.976 bits per heavy atom. The molecule has 1 aliphatic heterocycles. The van der Waals surface area contributed by atoms with Crippen LogP contribution in [0.1, 0.15) is 113 Å². The van der Waals surface area contributed by atoms with Crippen molar-refractivity contribution in [1.82, 2.24) is 20.4 Å². The van der Waals surface area contributed by atoms with Gasteiger partial charge in [-0.3, -0.25) is 5.32 Å². The van der Waals surface area contributed by atoms with Gasteiger partial charge in [0.2, 0.25) is 17.7 Å². The predicted octanol–water partition coefficient (Wildman–Crippen LogP) is 7.69. The number of aliphatic imine (C=N–C) groups is 1. The van der Waals surface area contributed by atoms with E-state index >= 15 is 0 Å². The van der Waals surface area contributed by atoms with Gasteiger partial charge in [0.15, 0.2) is 0 Å². The van der Waals surface area contributed by atoms with Gasteiger partial charge < -0.3 is 18.9 Å². The van der Waals surface area contributed by atoms with E-state index in [-0.39, 0.29) is 22.8 Å². The number of carbonyl (C=O) groups is 2. The zero-order valence-corrected chi connectivity index (χ0v) is 27.3. The number of hydrogen-bond donors (Lipinski definition) is 1. The van der Waals surface area contributed by atoms with Gasteiger partial charge in [-0.1, -0.05) is 64.0 Å². The molecule has 1 aliphatic rings. The van der Waals surface area contributed by atoms with Crippen molar-refractivity contribution in [2.45, 2.75) is 119 Å². The first-order chi connectivity index (χ1) is 19.2. The number of amides is 2. The lowest BCUT2D eigenvalue weighted by Gasteiger charge is -2.32. The first-order valence-electron chi connectivity index (χ1n) is 14.7. The van der Waals surface area contributed by atoms with Crippen molar-refractivity contribution in [2.75, 3.05) is 6.54 Å². The van der Waals surface area contributed by atoms with Crippen LogP contribution in [-0.4, -0.2) is 50.9 Å². The highest BCUT2D eigenvalue weighted by atomic mass is 16.6. The minimum Gasteiger partial charge on any atom is -0.444 e. The highest BCUT2D eigenvalue weighted by Gasteiger charge is 2.35. The van der Waals surface area contributed by atoms with Gasteiger partial charge in [0.1, 0.15) is 17.2 Å². The van der Waals surface area contributed by atoms with Crippen LogP contribution in [0.3, 0.4) is 0 Å². The van der Waals surface area contributed by atoms with Crippen molar-refractivity contribution in [1.29, 1.82) is 0 Å². The Morgan fingerprint density at radius 2 is 1.60 bits per heavy atom. The summed E-state index contributed by atoms with van der Waals surface area (Å²) in [4.78, 5) is 35.8. The monoisotopic (exact) mass is 583 g/mol. The minimum absolute atomic E-state index is 0.0166. The van der Waals surface area contributed by atoms with E-state index in [9.17, 15) is 9.59 Å². The summed E-state index contributed by atoms with van der Waals surface area (Å²) in [6, 6.07) is 7.88. The Hall–Kier alpha value is -3.43. The van der Waals surface area contributed by atoms with E-state index in [4.69, 9.17) is 19.0 Å². The SMILES string of the molecule is CC(C)(C)CC(C)(C)Cc1ccc(-c2noc(C3CCCN3C(=NC(=O)OC(C)(C)C)NC(=O)OC(C)(C)C)n2)cc1. The molecule has 0 spiro atoms. The van der Waals surface area contributed by atoms with E-state index < -0.39 is 23.4 Å². The van der Waals surface area contributed by atoms with Gasteiger partial charge in [-0.2, -0.15) is 4.98 Å². The van der Waals surface area contributed by atoms with Crippen molar-refractivity contribution < 1.29 is 23.6 Å². The van der Waals surface area contributed by atoms with E-state index in [0.29, 0.717) is 24.7 Å². The average molecular weight is 584 g/mol. The fraction of sp³-hybridized carbons (Fsp3) is 0.656. The van der Waals surface area contributed by atoms with Crippen LogP contribution in [0.25, 0.3) is 11.4 Å². The number of ether oxygens (including phenoxy) is 2. The lowest BCUT2D eigenvalue weighted by Crippen LogP contribution is -2.46. The van der Waals surface area contributed by atoms with Crippen LogP contribution in [0, 0.1) is 10.8 Å². The van der Waals surface area contributed by atoms with Crippen molar-refractivity contribution in [3.63, 3.8) is 0 Å². The second kappa shape index (κ2) is 12.4. The second-order valence-corrected chi connectivity index (χ2v) is 15.1. The third-order valence-electron chi connectivity index (χ3n) is 6.36. The highest BCUT2D eigenvalue weighted by molar-refractivity contribution is 5.99. The molecule has 3 rings (SSSR count). The maximum atomic E-state index is 12.7. The number of alkyl carbamates (subject to hydrolysis) is 1. The molecule has 1 aromatic carbocycles. The molecule has 2 heterocycles. The molecule has 1 saturated heterocycles. The van der Waals surface area contributed by atoms with Crippen LogP contribution in [0.5, 0.6) is 0 Å². The van der Waals surface area contributed by atoms with Crippen LogP contribution >= 0.6 is 0 Å². The summed E-state index contributed by atoms with van der Waals surface area (Å²) in [5.74, 6) is 0.867. The molecule has 2 amide bonds. The summed E-state index contributed by atoms with van der Waals surface area (Å²) < 4.78 is 16.5. The second-order valence-electron chi connectivity index (χ2n) is 15.1. The van der Waals surface area contributed by atoms with Crippen molar-refractivity contribution in [2.24, 2.45) is 15.8 Å². The highest BCUT2D eigenvalue weighted by Crippen LogP contribution is 2.36. The molecule has 0 aliphatic carbocycles. The fourth-order valence-electron chi connectivity index (χ4n) is 5.52. The third kappa shape index (κ3) is 10.4. The molecule has 0 radical (unpaired) electrons. The molecule has 1 aromatic heterocycles. The summed E-state index contributed by atoms with van der Waals surface area (Å²) in [5.41, 5.74) is 1.07. The molecule has 10 heteroatoms. The van der Waals surface area contributed by atoms with E-state index in [0.717, 1.165) is 24.8 Å². The maximum absolute atomic E-state index is 12.7. The van der Waals surface area contributed by atoms with Crippen LogP contribution in [0.15, 0.2) is 33.8 Å². The largest absolute Gasteiger partial charge is 0.444 e. The smallest absolute Gasteiger partial charge is 0.437 e. The minimum atomic E-state index is -0.823. The summed E-state index contributed by atoms with van der Waals surface area (Å²) >= 11 is 0. The number of likely N-dealkylation sites (tertiary alicyclic amines) is 1. The molecule has 2 aromatic rings. The van der Waals surface area contributed by atoms with E-state index in [1.165, 1.54) is 5.56 Å². The van der Waals surface area contributed by atoms with Crippen LogP contribution in [-0.2, 0) is 15.9 Å². The number of guanidine groups is 1. The standard InChI is InChI=1S/C32H49N5O5/c1-29(2,3)20-32(10,11)19-21-14-16-22(17-15-21)24-33-25(42-36-24)23-13-12-18-37(23)26(34-27(38)40-30(4,5)6)35-28(39)41-31(7,8)9/h14-17,23H,12-13,18-20H2,1-11H3,(H,34,35,38,39). The lowest BCUT2D eigenvalue weighted by molar-refractivity contribution is 0.0552. The van der Waals surface area contributed by atoms with Gasteiger partial charge in [-0.25, -0.2) is 9.59 Å². The number of nitrogens with zero attached hydrogens (tertiary/aromatic N) is 4. The molecular weight excluding hydrogens is 534 g/mol. The van der Waals surface area contributed by atoms with Crippen LogP contribution < -0.4 is 5.32 Å². The van der Waals surface area contributed by atoms with Crippen molar-refractivity contribution in [3.8, 4) is 11.4 Å². The van der Waals surface area contributed by atoms with Gasteiger partial charge >= 0.3 is 12.2 Å². The first kappa shape index (κ1) is 33.1. The fourth-order valence-corrected chi connectivity index (χ4v) is 5.52. The van der Waals surface area contributed by atoms with Crippen molar-refractivity contribution in [3.05, 3.63) is 35.7 Å². The van der Waals surface area contributed by atoms with Gasteiger partial charge in [-0.05, 0) is 83.6 Å². The Bertz CT molecular complexity index is 1260. The normalized spacial score (nSPS) is 16.9. The Kier molecular flexibility index (Phi) is 9.79. The maximum Gasteiger partial charge on any atom is 0.437 e. The Balaban J connectivity index is 1.81. The number of aromatic nitrogens is 2. The van der Waals surface area contributed by atoms with E-state index in [2.05, 4.69) is 62.2 Å². The lowest BCUT2D eigenvalue weighted by atomic mass is 9.73. The molecule has 232 valence electrons. The molecule has 10 nitrogen and oxygen atoms in total. The summed E-state index contributed by atoms with van der Waals surface area (Å²) in [7, 11) is 0. The quantitative estimate of drug-likeness (QED) is 0.281. The number of benzene rings is 1. The molecule has 0 bridgehead atoms. The molecule has 1 N–H and O–H groups in total. The van der Waals surface area contributed by atoms with Crippen LogP contribution in [0.2, 0.25) is 0 Å². The zero-order chi connectivity index (χ0) is 31.5. The molecule has 1 unspecified atom stereocenters. The molecular formula is C32H49N5O5. The first-order valence-corrected chi connectivity index (χ1v) is 14.7. The van der Waals surface area contributed by atoms with Gasteiger partial charge in [0, 0.05) is 12.1 Å². The molecule has 42 heavy (non-hydrogen) atoms. The molecule has 1 fully saturated rings. The van der Waals surface area contributed by atoms with Crippen molar-refractivity contribution >= 4 is 18.1 Å². The zero-order valence-electron chi connectivity index (χ0n) is 27.3. The van der Waals surface area contributed by atoms with Gasteiger partial charge in [-0.15, -0.1) is 4.99 Å². The average Bonchev–Trinajstić information content (AvgIpc) is 3.44. The Morgan fingerprint density at radius 3 is 2.17 bits per heavy atom. The number of nitrogens with one attached hydrogen (secondary N) is 1. The Labute approximate surface area is 250 Å². The topological polar surface area (TPSA) is 119 Å². The van der Waals surface area contributed by atoms with Gasteiger partial charge in [0.25, 0.3) is 0 Å². The van der Waals surface area contributed by atoms with Gasteiger partial charge in [0.05, 0.1) is 0 Å².